The first-order chi connectivity index (χ1) is 13.3. The molecule has 0 atom stereocenters. The Bertz CT molecular complexity index is 1090. The molecule has 1 amide bonds. The zero-order chi connectivity index (χ0) is 20.3. The number of carbonyl (C=O) groups excluding carboxylic acids is 1. The van der Waals surface area contributed by atoms with Crippen molar-refractivity contribution in [1.29, 1.82) is 0 Å². The molecule has 8 heteroatoms. The van der Waals surface area contributed by atoms with E-state index in [1.165, 1.54) is 23.7 Å². The van der Waals surface area contributed by atoms with Gasteiger partial charge in [-0.15, -0.1) is 0 Å². The van der Waals surface area contributed by atoms with Gasteiger partial charge in [0.2, 0.25) is 0 Å². The zero-order valence-electron chi connectivity index (χ0n) is 16.1. The molecule has 1 N–H and O–H groups in total. The summed E-state index contributed by atoms with van der Waals surface area (Å²) in [5, 5.41) is 3.23. The van der Waals surface area contributed by atoms with Gasteiger partial charge in [0, 0.05) is 31.1 Å². The molecule has 148 valence electrons. The summed E-state index contributed by atoms with van der Waals surface area (Å²) in [5.41, 5.74) is 2.27. The lowest BCUT2D eigenvalue weighted by Crippen LogP contribution is -2.18. The number of fused-ring (bicyclic) bond motifs is 1. The standard InChI is InChI=1S/C20H23N3O3S2/c1-4-5-12-23(2)15-8-6-14(7-9-15)19(24)22-20-21-17-11-10-16(28(3,25)26)13-18(17)27-20/h6-11,13H,4-5,12H2,1-3H3,(H,21,22,24). The quantitative estimate of drug-likeness (QED) is 0.624. The van der Waals surface area contributed by atoms with Crippen molar-refractivity contribution in [2.75, 3.05) is 30.1 Å². The Hall–Kier alpha value is -2.45. The molecule has 0 bridgehead atoms. The fourth-order valence-corrected chi connectivity index (χ4v) is 4.37. The number of sulfone groups is 1. The predicted octanol–water partition coefficient (Wildman–Crippen LogP) is 4.19. The maximum Gasteiger partial charge on any atom is 0.257 e. The summed E-state index contributed by atoms with van der Waals surface area (Å²) in [6.45, 7) is 3.13. The van der Waals surface area contributed by atoms with Crippen molar-refractivity contribution >= 4 is 48.1 Å². The maximum atomic E-state index is 12.5. The zero-order valence-corrected chi connectivity index (χ0v) is 17.7. The first-order valence-electron chi connectivity index (χ1n) is 9.01. The van der Waals surface area contributed by atoms with Crippen LogP contribution in [0.5, 0.6) is 0 Å². The second-order valence-corrected chi connectivity index (χ2v) is 9.74. The number of rotatable bonds is 7. The smallest absolute Gasteiger partial charge is 0.257 e. The Morgan fingerprint density at radius 1 is 1.18 bits per heavy atom. The van der Waals surface area contributed by atoms with Crippen LogP contribution < -0.4 is 10.2 Å². The van der Waals surface area contributed by atoms with Gasteiger partial charge >= 0.3 is 0 Å². The Labute approximate surface area is 169 Å². The average Bonchev–Trinajstić information content (AvgIpc) is 3.06. The Balaban J connectivity index is 1.73. The highest BCUT2D eigenvalue weighted by atomic mass is 32.2. The van der Waals surface area contributed by atoms with E-state index in [9.17, 15) is 13.2 Å². The molecule has 0 radical (unpaired) electrons. The summed E-state index contributed by atoms with van der Waals surface area (Å²) >= 11 is 1.25. The SMILES string of the molecule is CCCCN(C)c1ccc(C(=O)Nc2nc3ccc(S(C)(=O)=O)cc3s2)cc1. The van der Waals surface area contributed by atoms with Crippen LogP contribution in [0.2, 0.25) is 0 Å². The minimum atomic E-state index is -3.28. The third-order valence-electron chi connectivity index (χ3n) is 4.43. The molecule has 0 saturated heterocycles. The van der Waals surface area contributed by atoms with Gasteiger partial charge in [0.25, 0.3) is 5.91 Å². The lowest BCUT2D eigenvalue weighted by atomic mass is 10.2. The van der Waals surface area contributed by atoms with E-state index in [0.29, 0.717) is 20.9 Å². The van der Waals surface area contributed by atoms with Crippen molar-refractivity contribution in [3.8, 4) is 0 Å². The van der Waals surface area contributed by atoms with E-state index in [0.717, 1.165) is 25.1 Å². The number of anilines is 2. The molecule has 0 aliphatic rings. The maximum absolute atomic E-state index is 12.5. The molecular weight excluding hydrogens is 394 g/mol. The van der Waals surface area contributed by atoms with E-state index in [-0.39, 0.29) is 10.8 Å². The normalized spacial score (nSPS) is 11.5. The highest BCUT2D eigenvalue weighted by Crippen LogP contribution is 2.28. The highest BCUT2D eigenvalue weighted by molar-refractivity contribution is 7.90. The summed E-state index contributed by atoms with van der Waals surface area (Å²) in [6, 6.07) is 12.2. The second-order valence-electron chi connectivity index (χ2n) is 6.70. The number of thiazole rings is 1. The van der Waals surface area contributed by atoms with E-state index in [2.05, 4.69) is 22.1 Å². The number of benzene rings is 2. The largest absolute Gasteiger partial charge is 0.375 e. The number of hydrogen-bond donors (Lipinski definition) is 1. The van der Waals surface area contributed by atoms with Crippen molar-refractivity contribution in [2.45, 2.75) is 24.7 Å². The van der Waals surface area contributed by atoms with Crippen LogP contribution in [0.1, 0.15) is 30.1 Å². The number of carbonyl (C=O) groups is 1. The number of amides is 1. The molecule has 0 unspecified atom stereocenters. The van der Waals surface area contributed by atoms with Crippen LogP contribution in [0.25, 0.3) is 10.2 Å². The second kappa shape index (κ2) is 8.28. The van der Waals surface area contributed by atoms with Crippen LogP contribution in [0.4, 0.5) is 10.8 Å². The molecule has 2 aromatic carbocycles. The number of aromatic nitrogens is 1. The molecule has 0 fully saturated rings. The third-order valence-corrected chi connectivity index (χ3v) is 6.47. The Morgan fingerprint density at radius 2 is 1.89 bits per heavy atom. The molecule has 3 rings (SSSR count). The Kier molecular flexibility index (Phi) is 6.00. The van der Waals surface area contributed by atoms with Crippen LogP contribution >= 0.6 is 11.3 Å². The summed E-state index contributed by atoms with van der Waals surface area (Å²) in [5.74, 6) is -0.245. The van der Waals surface area contributed by atoms with Crippen LogP contribution in [0, 0.1) is 0 Å². The molecular formula is C20H23N3O3S2. The fourth-order valence-electron chi connectivity index (χ4n) is 2.75. The highest BCUT2D eigenvalue weighted by Gasteiger charge is 2.13. The fraction of sp³-hybridized carbons (Fsp3) is 0.300. The van der Waals surface area contributed by atoms with E-state index in [1.54, 1.807) is 24.3 Å². The molecule has 1 aromatic heterocycles. The minimum Gasteiger partial charge on any atom is -0.375 e. The number of nitrogens with one attached hydrogen (secondary N) is 1. The van der Waals surface area contributed by atoms with Crippen LogP contribution in [-0.4, -0.2) is 39.2 Å². The van der Waals surface area contributed by atoms with E-state index in [4.69, 9.17) is 0 Å². The van der Waals surface area contributed by atoms with Gasteiger partial charge in [0.1, 0.15) is 0 Å². The van der Waals surface area contributed by atoms with Gasteiger partial charge in [-0.05, 0) is 48.9 Å². The lowest BCUT2D eigenvalue weighted by molar-refractivity contribution is 0.102. The predicted molar refractivity (Wildman–Crippen MR) is 115 cm³/mol. The average molecular weight is 418 g/mol. The first kappa shape index (κ1) is 20.3. The number of nitrogens with zero attached hydrogens (tertiary/aromatic N) is 2. The summed E-state index contributed by atoms with van der Waals surface area (Å²) in [7, 11) is -1.24. The third kappa shape index (κ3) is 4.69. The summed E-state index contributed by atoms with van der Waals surface area (Å²) in [6.07, 6.45) is 3.43. The van der Waals surface area contributed by atoms with Gasteiger partial charge in [-0.2, -0.15) is 0 Å². The summed E-state index contributed by atoms with van der Waals surface area (Å²) < 4.78 is 24.1. The van der Waals surface area contributed by atoms with Crippen LogP contribution in [0.15, 0.2) is 47.4 Å². The van der Waals surface area contributed by atoms with Gasteiger partial charge in [0.15, 0.2) is 15.0 Å². The van der Waals surface area contributed by atoms with Gasteiger partial charge in [-0.1, -0.05) is 24.7 Å². The molecule has 0 aliphatic carbocycles. The minimum absolute atomic E-state index is 0.240. The van der Waals surface area contributed by atoms with Crippen molar-refractivity contribution in [3.63, 3.8) is 0 Å². The van der Waals surface area contributed by atoms with Gasteiger partial charge in [-0.25, -0.2) is 13.4 Å². The van der Waals surface area contributed by atoms with E-state index >= 15 is 0 Å². The van der Waals surface area contributed by atoms with Gasteiger partial charge < -0.3 is 4.90 Å². The molecule has 1 heterocycles. The Morgan fingerprint density at radius 3 is 2.54 bits per heavy atom. The van der Waals surface area contributed by atoms with Crippen molar-refractivity contribution in [1.82, 2.24) is 4.98 Å². The monoisotopic (exact) mass is 417 g/mol. The lowest BCUT2D eigenvalue weighted by Gasteiger charge is -2.19. The van der Waals surface area contributed by atoms with Crippen molar-refractivity contribution in [3.05, 3.63) is 48.0 Å². The molecule has 0 spiro atoms. The van der Waals surface area contributed by atoms with Crippen molar-refractivity contribution < 1.29 is 13.2 Å². The molecule has 3 aromatic rings. The van der Waals surface area contributed by atoms with E-state index in [1.807, 2.05) is 19.2 Å². The molecule has 0 aliphatic heterocycles. The van der Waals surface area contributed by atoms with Crippen LogP contribution in [0.3, 0.4) is 0 Å². The molecule has 28 heavy (non-hydrogen) atoms. The van der Waals surface area contributed by atoms with Gasteiger partial charge in [-0.3, -0.25) is 10.1 Å². The topological polar surface area (TPSA) is 79.4 Å². The van der Waals surface area contributed by atoms with Crippen LogP contribution in [-0.2, 0) is 9.84 Å². The number of hydrogen-bond acceptors (Lipinski definition) is 6. The first-order valence-corrected chi connectivity index (χ1v) is 11.7. The summed E-state index contributed by atoms with van der Waals surface area (Å²) in [4.78, 5) is 19.3. The van der Waals surface area contributed by atoms with Crippen molar-refractivity contribution in [2.24, 2.45) is 0 Å². The number of unbranched alkanes of at least 4 members (excludes halogenated alkanes) is 1. The molecule has 0 saturated carbocycles. The molecule has 6 nitrogen and oxygen atoms in total. The van der Waals surface area contributed by atoms with E-state index < -0.39 is 9.84 Å². The van der Waals surface area contributed by atoms with Gasteiger partial charge in [0.05, 0.1) is 15.1 Å².